The Labute approximate surface area is 99.5 Å². The lowest BCUT2D eigenvalue weighted by Crippen LogP contribution is -2.17. The molecule has 16 heavy (non-hydrogen) atoms. The predicted molar refractivity (Wildman–Crippen MR) is 69.9 cm³/mol. The topological polar surface area (TPSA) is 20.2 Å². The van der Waals surface area contributed by atoms with Crippen molar-refractivity contribution in [3.63, 3.8) is 0 Å². The van der Waals surface area contributed by atoms with Crippen molar-refractivity contribution >= 4 is 0 Å². The van der Waals surface area contributed by atoms with Gasteiger partial charge in [-0.15, -0.1) is 0 Å². The van der Waals surface area contributed by atoms with Crippen molar-refractivity contribution in [2.45, 2.75) is 58.3 Å². The molecule has 0 saturated carbocycles. The minimum Gasteiger partial charge on any atom is -0.508 e. The van der Waals surface area contributed by atoms with Gasteiger partial charge in [-0.3, -0.25) is 0 Å². The lowest BCUT2D eigenvalue weighted by molar-refractivity contribution is 0.406. The van der Waals surface area contributed by atoms with E-state index in [1.165, 1.54) is 25.7 Å². The second-order valence-electron chi connectivity index (χ2n) is 5.21. The largest absolute Gasteiger partial charge is 0.508 e. The summed E-state index contributed by atoms with van der Waals surface area (Å²) in [4.78, 5) is 0. The average molecular weight is 220 g/mol. The molecule has 0 radical (unpaired) electrons. The Morgan fingerprint density at radius 1 is 1.06 bits per heavy atom. The van der Waals surface area contributed by atoms with Crippen LogP contribution in [0.1, 0.15) is 58.4 Å². The number of aromatic hydroxyl groups is 1. The molecule has 90 valence electrons. The van der Waals surface area contributed by atoms with Gasteiger partial charge in [0.25, 0.3) is 0 Å². The Balaban J connectivity index is 2.59. The van der Waals surface area contributed by atoms with Crippen LogP contribution in [0, 0.1) is 0 Å². The normalized spacial score (nSPS) is 11.7. The van der Waals surface area contributed by atoms with Crippen LogP contribution in [-0.4, -0.2) is 5.11 Å². The Morgan fingerprint density at radius 3 is 2.38 bits per heavy atom. The van der Waals surface area contributed by atoms with Gasteiger partial charge in [0.2, 0.25) is 0 Å². The van der Waals surface area contributed by atoms with E-state index in [2.05, 4.69) is 20.8 Å². The minimum absolute atomic E-state index is 0.0824. The molecule has 0 spiro atoms. The first-order valence-corrected chi connectivity index (χ1v) is 6.36. The average Bonchev–Trinajstić information content (AvgIpc) is 2.25. The lowest BCUT2D eigenvalue weighted by atomic mass is 9.79. The monoisotopic (exact) mass is 220 g/mol. The third-order valence-corrected chi connectivity index (χ3v) is 3.29. The summed E-state index contributed by atoms with van der Waals surface area (Å²) >= 11 is 0. The van der Waals surface area contributed by atoms with E-state index in [9.17, 15) is 5.11 Å². The van der Waals surface area contributed by atoms with Crippen molar-refractivity contribution in [3.8, 4) is 5.75 Å². The highest BCUT2D eigenvalue weighted by molar-refractivity contribution is 5.37. The Bertz CT molecular complexity index is 315. The van der Waals surface area contributed by atoms with Gasteiger partial charge in [0.15, 0.2) is 0 Å². The summed E-state index contributed by atoms with van der Waals surface area (Å²) in [7, 11) is 0. The van der Waals surface area contributed by atoms with Crippen molar-refractivity contribution in [2.24, 2.45) is 0 Å². The third-order valence-electron chi connectivity index (χ3n) is 3.29. The zero-order valence-corrected chi connectivity index (χ0v) is 10.8. The number of hydrogen-bond acceptors (Lipinski definition) is 1. The second-order valence-corrected chi connectivity index (χ2v) is 5.21. The molecule has 0 fully saturated rings. The molecule has 1 rings (SSSR count). The van der Waals surface area contributed by atoms with Crippen molar-refractivity contribution in [1.82, 2.24) is 0 Å². The van der Waals surface area contributed by atoms with Gasteiger partial charge in [-0.25, -0.2) is 0 Å². The van der Waals surface area contributed by atoms with Gasteiger partial charge >= 0.3 is 0 Å². The fourth-order valence-corrected chi connectivity index (χ4v) is 2.17. The van der Waals surface area contributed by atoms with E-state index in [1.54, 1.807) is 6.07 Å². The zero-order valence-electron chi connectivity index (χ0n) is 10.8. The molecule has 0 atom stereocenters. The maximum absolute atomic E-state index is 9.85. The fraction of sp³-hybridized carbons (Fsp3) is 0.600. The van der Waals surface area contributed by atoms with Crippen molar-refractivity contribution in [2.75, 3.05) is 0 Å². The van der Waals surface area contributed by atoms with Crippen LogP contribution in [0.3, 0.4) is 0 Å². The molecule has 1 N–H and O–H groups in total. The third kappa shape index (κ3) is 3.55. The highest BCUT2D eigenvalue weighted by Gasteiger charge is 2.22. The van der Waals surface area contributed by atoms with Gasteiger partial charge in [0.05, 0.1) is 0 Å². The molecule has 0 amide bonds. The van der Waals surface area contributed by atoms with Crippen LogP contribution in [0.5, 0.6) is 5.75 Å². The molecule has 1 nitrogen and oxygen atoms in total. The molecule has 0 aliphatic heterocycles. The van der Waals surface area contributed by atoms with Crippen LogP contribution in [-0.2, 0) is 5.41 Å². The first-order valence-electron chi connectivity index (χ1n) is 6.36. The smallest absolute Gasteiger partial charge is 0.119 e. The predicted octanol–water partition coefficient (Wildman–Crippen LogP) is 4.64. The van der Waals surface area contributed by atoms with Crippen LogP contribution < -0.4 is 0 Å². The SMILES string of the molecule is CCCCCCC(C)(C)c1ccccc1O. The Hall–Kier alpha value is -0.980. The summed E-state index contributed by atoms with van der Waals surface area (Å²) < 4.78 is 0. The van der Waals surface area contributed by atoms with E-state index in [-0.39, 0.29) is 5.41 Å². The number of hydrogen-bond donors (Lipinski definition) is 1. The molecule has 0 aliphatic rings. The van der Waals surface area contributed by atoms with Gasteiger partial charge in [0, 0.05) is 0 Å². The van der Waals surface area contributed by atoms with E-state index >= 15 is 0 Å². The number of rotatable bonds is 6. The molecule has 1 heteroatoms. The molecular formula is C15H24O. The van der Waals surface area contributed by atoms with E-state index in [0.717, 1.165) is 12.0 Å². The Kier molecular flexibility index (Phi) is 4.85. The lowest BCUT2D eigenvalue weighted by Gasteiger charge is -2.26. The second kappa shape index (κ2) is 5.93. The van der Waals surface area contributed by atoms with E-state index in [1.807, 2.05) is 18.2 Å². The number of phenols is 1. The van der Waals surface area contributed by atoms with Crippen molar-refractivity contribution in [1.29, 1.82) is 0 Å². The maximum Gasteiger partial charge on any atom is 0.119 e. The summed E-state index contributed by atoms with van der Waals surface area (Å²) in [6.07, 6.45) is 6.28. The molecule has 0 saturated heterocycles. The maximum atomic E-state index is 9.85. The summed E-state index contributed by atoms with van der Waals surface area (Å²) in [5, 5.41) is 9.85. The molecule has 0 heterocycles. The standard InChI is InChI=1S/C15H24O/c1-4-5-6-9-12-15(2,3)13-10-7-8-11-14(13)16/h7-8,10-11,16H,4-6,9,12H2,1-3H3. The molecule has 1 aromatic carbocycles. The van der Waals surface area contributed by atoms with Gasteiger partial charge in [-0.1, -0.05) is 64.7 Å². The van der Waals surface area contributed by atoms with E-state index < -0.39 is 0 Å². The van der Waals surface area contributed by atoms with Crippen LogP contribution in [0.15, 0.2) is 24.3 Å². The summed E-state index contributed by atoms with van der Waals surface area (Å²) in [6, 6.07) is 7.70. The van der Waals surface area contributed by atoms with Crippen molar-refractivity contribution in [3.05, 3.63) is 29.8 Å². The molecule has 0 aliphatic carbocycles. The first kappa shape index (κ1) is 13.1. The fourth-order valence-electron chi connectivity index (χ4n) is 2.17. The van der Waals surface area contributed by atoms with Crippen LogP contribution in [0.2, 0.25) is 0 Å². The molecular weight excluding hydrogens is 196 g/mol. The summed E-state index contributed by atoms with van der Waals surface area (Å²) in [6.45, 7) is 6.66. The number of benzene rings is 1. The van der Waals surface area contributed by atoms with Crippen LogP contribution in [0.25, 0.3) is 0 Å². The molecule has 0 aromatic heterocycles. The molecule has 1 aromatic rings. The van der Waals surface area contributed by atoms with Gasteiger partial charge in [-0.2, -0.15) is 0 Å². The van der Waals surface area contributed by atoms with Gasteiger partial charge in [-0.05, 0) is 23.5 Å². The van der Waals surface area contributed by atoms with E-state index in [0.29, 0.717) is 5.75 Å². The zero-order chi connectivity index (χ0) is 12.0. The van der Waals surface area contributed by atoms with Crippen LogP contribution >= 0.6 is 0 Å². The minimum atomic E-state index is 0.0824. The number of para-hydroxylation sites is 1. The first-order chi connectivity index (χ1) is 7.58. The van der Waals surface area contributed by atoms with Gasteiger partial charge < -0.3 is 5.11 Å². The summed E-state index contributed by atoms with van der Waals surface area (Å²) in [5.41, 5.74) is 1.16. The summed E-state index contributed by atoms with van der Waals surface area (Å²) in [5.74, 6) is 0.433. The highest BCUT2D eigenvalue weighted by Crippen LogP contribution is 2.34. The molecule has 0 bridgehead atoms. The molecule has 0 unspecified atom stereocenters. The Morgan fingerprint density at radius 2 is 1.75 bits per heavy atom. The number of unbranched alkanes of at least 4 members (excludes halogenated alkanes) is 3. The number of phenolic OH excluding ortho intramolecular Hbond substituents is 1. The van der Waals surface area contributed by atoms with E-state index in [4.69, 9.17) is 0 Å². The highest BCUT2D eigenvalue weighted by atomic mass is 16.3. The quantitative estimate of drug-likeness (QED) is 0.692. The van der Waals surface area contributed by atoms with Crippen LogP contribution in [0.4, 0.5) is 0 Å². The van der Waals surface area contributed by atoms with Gasteiger partial charge in [0.1, 0.15) is 5.75 Å². The van der Waals surface area contributed by atoms with Crippen molar-refractivity contribution < 1.29 is 5.11 Å².